The van der Waals surface area contributed by atoms with Crippen LogP contribution in [0.5, 0.6) is 0 Å². The molecule has 1 aliphatic heterocycles. The van der Waals surface area contributed by atoms with Crippen LogP contribution in [0, 0.1) is 0 Å². The molecule has 0 saturated carbocycles. The molecule has 0 unspecified atom stereocenters. The number of rotatable bonds is 0. The van der Waals surface area contributed by atoms with Crippen LogP contribution in [0.4, 0.5) is 0 Å². The van der Waals surface area contributed by atoms with Gasteiger partial charge < -0.3 is 0 Å². The van der Waals surface area contributed by atoms with E-state index in [1.165, 1.54) is 0 Å². The molecule has 6 heteroatoms. The molecule has 12 heavy (non-hydrogen) atoms. The van der Waals surface area contributed by atoms with E-state index in [-0.39, 0.29) is 0 Å². The summed E-state index contributed by atoms with van der Waals surface area (Å²) < 4.78 is 17.7. The minimum absolute atomic E-state index is 1.84. The molecule has 0 N–H and O–H groups in total. The summed E-state index contributed by atoms with van der Waals surface area (Å²) >= 11 is -2.36. The fourth-order valence-electron chi connectivity index (χ4n) is 1.84. The van der Waals surface area contributed by atoms with Gasteiger partial charge in [-0.15, -0.1) is 0 Å². The van der Waals surface area contributed by atoms with Crippen molar-refractivity contribution in [1.82, 2.24) is 0 Å². The molecule has 72 valence electrons. The molecule has 0 atom stereocenters. The summed E-state index contributed by atoms with van der Waals surface area (Å²) in [5.74, 6) is 4.29. The molecule has 0 radical (unpaired) electrons. The van der Waals surface area contributed by atoms with E-state index in [1.54, 1.807) is 0 Å². The molecule has 1 saturated heterocycles. The Balaban J connectivity index is 2.81. The Labute approximate surface area is 79.9 Å². The summed E-state index contributed by atoms with van der Waals surface area (Å²) in [5, 5.41) is 0. The zero-order valence-corrected chi connectivity index (χ0v) is 12.8. The second kappa shape index (κ2) is 2.93. The standard InChI is InChI=1S/C6H18GeO3Si2/c1-7(2)8-11(3,4)10-12(5,6)9-7/h1-6H3. The molecule has 1 rings (SSSR count). The SMILES string of the molecule is C[Si]1(C)O[Si](C)(C)[O][Ge]([CH3])([CH3])[O]1. The zero-order chi connectivity index (χ0) is 9.62. The Hall–Kier alpha value is 0.857. The van der Waals surface area contributed by atoms with Crippen molar-refractivity contribution in [3.63, 3.8) is 0 Å². The van der Waals surface area contributed by atoms with Gasteiger partial charge in [0.15, 0.2) is 0 Å². The van der Waals surface area contributed by atoms with Crippen LogP contribution in [0.25, 0.3) is 0 Å². The summed E-state index contributed by atoms with van der Waals surface area (Å²) in [6.45, 7) is 8.43. The molecule has 0 aromatic heterocycles. The Bertz CT molecular complexity index is 148. The quantitative estimate of drug-likeness (QED) is 0.629. The first-order valence-corrected chi connectivity index (χ1v) is 15.8. The molecular weight excluding hydrogens is 249 g/mol. The van der Waals surface area contributed by atoms with Crippen LogP contribution >= 0.6 is 0 Å². The second-order valence-corrected chi connectivity index (χ2v) is 19.8. The molecule has 1 heterocycles. The Morgan fingerprint density at radius 3 is 1.42 bits per heavy atom. The van der Waals surface area contributed by atoms with Crippen LogP contribution in [0.1, 0.15) is 0 Å². The summed E-state index contributed by atoms with van der Waals surface area (Å²) in [6, 6.07) is 0. The third kappa shape index (κ3) is 2.97. The molecule has 0 aromatic rings. The van der Waals surface area contributed by atoms with Crippen molar-refractivity contribution >= 4 is 31.1 Å². The monoisotopic (exact) mass is 268 g/mol. The van der Waals surface area contributed by atoms with Crippen molar-refractivity contribution in [3.05, 3.63) is 0 Å². The predicted octanol–water partition coefficient (Wildman–Crippen LogP) is 2.16. The molecule has 1 fully saturated rings. The maximum atomic E-state index is 5.91. The van der Waals surface area contributed by atoms with E-state index < -0.39 is 31.1 Å². The van der Waals surface area contributed by atoms with Crippen molar-refractivity contribution in [2.24, 2.45) is 0 Å². The van der Waals surface area contributed by atoms with Gasteiger partial charge in [0.1, 0.15) is 0 Å². The van der Waals surface area contributed by atoms with Crippen LogP contribution in [0.15, 0.2) is 0 Å². The Morgan fingerprint density at radius 2 is 1.17 bits per heavy atom. The average Bonchev–Trinajstić information content (AvgIpc) is 1.44. The normalized spacial score (nSPS) is 31.5. The van der Waals surface area contributed by atoms with Gasteiger partial charge in [-0.2, -0.15) is 0 Å². The first kappa shape index (κ1) is 10.9. The third-order valence-corrected chi connectivity index (χ3v) is 19.8. The average molecular weight is 267 g/mol. The second-order valence-electron chi connectivity index (χ2n) is 4.51. The number of hydrogen-bond donors (Lipinski definition) is 0. The van der Waals surface area contributed by atoms with Gasteiger partial charge in [-0.25, -0.2) is 0 Å². The van der Waals surface area contributed by atoms with Crippen LogP contribution in [-0.2, 0) is 11.0 Å². The fraction of sp³-hybridized carbons (Fsp3) is 1.00. The summed E-state index contributed by atoms with van der Waals surface area (Å²) in [6.07, 6.45) is 0. The Kier molecular flexibility index (Phi) is 2.67. The third-order valence-electron chi connectivity index (χ3n) is 1.47. The molecule has 0 amide bonds. The molecule has 0 bridgehead atoms. The molecule has 3 nitrogen and oxygen atoms in total. The van der Waals surface area contributed by atoms with E-state index in [2.05, 4.69) is 37.7 Å². The first-order chi connectivity index (χ1) is 5.12. The van der Waals surface area contributed by atoms with Gasteiger partial charge in [0.05, 0.1) is 0 Å². The molecule has 0 aromatic carbocycles. The first-order valence-electron chi connectivity index (χ1n) is 4.22. The van der Waals surface area contributed by atoms with Crippen molar-refractivity contribution < 1.29 is 11.0 Å². The van der Waals surface area contributed by atoms with E-state index in [0.717, 1.165) is 0 Å². The van der Waals surface area contributed by atoms with Crippen molar-refractivity contribution in [2.45, 2.75) is 37.7 Å². The fourth-order valence-corrected chi connectivity index (χ4v) is 26.7. The van der Waals surface area contributed by atoms with E-state index in [1.807, 2.05) is 0 Å². The predicted molar refractivity (Wildman–Crippen MR) is 55.7 cm³/mol. The molecule has 0 aliphatic carbocycles. The molecule has 0 spiro atoms. The summed E-state index contributed by atoms with van der Waals surface area (Å²) in [4.78, 5) is 0. The van der Waals surface area contributed by atoms with Crippen molar-refractivity contribution in [2.75, 3.05) is 0 Å². The van der Waals surface area contributed by atoms with Gasteiger partial charge in [0, 0.05) is 0 Å². The number of hydrogen-bond acceptors (Lipinski definition) is 3. The van der Waals surface area contributed by atoms with Gasteiger partial charge in [-0.3, -0.25) is 0 Å². The van der Waals surface area contributed by atoms with E-state index in [9.17, 15) is 0 Å². The van der Waals surface area contributed by atoms with Crippen LogP contribution < -0.4 is 0 Å². The summed E-state index contributed by atoms with van der Waals surface area (Å²) in [5.41, 5.74) is 0. The molecule has 1 aliphatic rings. The zero-order valence-electron chi connectivity index (χ0n) is 8.72. The molecular formula is C6H18GeO3Si2. The minimum atomic E-state index is -2.36. The van der Waals surface area contributed by atoms with Gasteiger partial charge in [-0.05, 0) is 0 Å². The van der Waals surface area contributed by atoms with Gasteiger partial charge in [0.25, 0.3) is 0 Å². The van der Waals surface area contributed by atoms with E-state index in [4.69, 9.17) is 11.0 Å². The summed E-state index contributed by atoms with van der Waals surface area (Å²) in [7, 11) is -3.68. The Morgan fingerprint density at radius 1 is 0.833 bits per heavy atom. The van der Waals surface area contributed by atoms with Gasteiger partial charge in [-0.1, -0.05) is 0 Å². The van der Waals surface area contributed by atoms with Crippen LogP contribution in [-0.4, -0.2) is 31.1 Å². The van der Waals surface area contributed by atoms with Crippen molar-refractivity contribution in [1.29, 1.82) is 0 Å². The van der Waals surface area contributed by atoms with E-state index >= 15 is 0 Å². The topological polar surface area (TPSA) is 27.7 Å². The van der Waals surface area contributed by atoms with Crippen LogP contribution in [0.3, 0.4) is 0 Å². The van der Waals surface area contributed by atoms with E-state index in [0.29, 0.717) is 0 Å². The maximum absolute atomic E-state index is 5.91. The van der Waals surface area contributed by atoms with Gasteiger partial charge in [0.2, 0.25) is 0 Å². The van der Waals surface area contributed by atoms with Gasteiger partial charge >= 0.3 is 79.8 Å². The van der Waals surface area contributed by atoms with Crippen molar-refractivity contribution in [3.8, 4) is 0 Å². The van der Waals surface area contributed by atoms with Crippen LogP contribution in [0.2, 0.25) is 37.7 Å².